The minimum atomic E-state index is -2.83. The number of alkyl halides is 2. The van der Waals surface area contributed by atoms with Crippen LogP contribution in [0.3, 0.4) is 0 Å². The van der Waals surface area contributed by atoms with Crippen LogP contribution in [0.5, 0.6) is 0 Å². The summed E-state index contributed by atoms with van der Waals surface area (Å²) in [5.74, 6) is -0.577. The molecule has 0 radical (unpaired) electrons. The molecule has 0 saturated carbocycles. The van der Waals surface area contributed by atoms with Gasteiger partial charge in [-0.15, -0.1) is 0 Å². The van der Waals surface area contributed by atoms with E-state index in [2.05, 4.69) is 9.97 Å². The summed E-state index contributed by atoms with van der Waals surface area (Å²) in [6, 6.07) is 0. The first-order chi connectivity index (χ1) is 8.45. The Morgan fingerprint density at radius 1 is 1.50 bits per heavy atom. The molecule has 1 atom stereocenters. The molecule has 5 nitrogen and oxygen atoms in total. The lowest BCUT2D eigenvalue weighted by Gasteiger charge is -2.07. The Labute approximate surface area is 108 Å². The van der Waals surface area contributed by atoms with Gasteiger partial charge in [-0.05, 0) is 18.3 Å². The van der Waals surface area contributed by atoms with E-state index in [-0.39, 0.29) is 21.2 Å². The number of thiazole rings is 1. The SMILES string of the molecule is CCn1c(C(F)F)nc2sc([S+](C)[O-])nc2c1=O. The zero-order valence-electron chi connectivity index (χ0n) is 9.52. The molecule has 2 rings (SSSR count). The third-order valence-corrected chi connectivity index (χ3v) is 4.57. The quantitative estimate of drug-likeness (QED) is 0.805. The van der Waals surface area contributed by atoms with Crippen LogP contribution in [0.25, 0.3) is 10.3 Å². The summed E-state index contributed by atoms with van der Waals surface area (Å²) in [7, 11) is 0. The third-order valence-electron chi connectivity index (χ3n) is 2.29. The molecule has 18 heavy (non-hydrogen) atoms. The van der Waals surface area contributed by atoms with Crippen LogP contribution in [0.4, 0.5) is 8.78 Å². The molecule has 2 aromatic rings. The van der Waals surface area contributed by atoms with Crippen molar-refractivity contribution in [2.45, 2.75) is 24.2 Å². The number of fused-ring (bicyclic) bond motifs is 1. The Balaban J connectivity index is 2.78. The highest BCUT2D eigenvalue weighted by molar-refractivity contribution is 7.92. The molecule has 98 valence electrons. The average molecular weight is 293 g/mol. The van der Waals surface area contributed by atoms with E-state index in [0.717, 1.165) is 15.9 Å². The maximum Gasteiger partial charge on any atom is 0.304 e. The zero-order chi connectivity index (χ0) is 13.4. The lowest BCUT2D eigenvalue weighted by Crippen LogP contribution is -2.24. The van der Waals surface area contributed by atoms with Crippen LogP contribution in [0.15, 0.2) is 9.13 Å². The molecular weight excluding hydrogens is 284 g/mol. The standard InChI is InChI=1S/C9H9F2N3O2S2/c1-3-14-6(5(10)11)13-7-4(8(14)15)12-9(17-7)18(2)16/h5H,3H2,1-2H3. The number of aromatic nitrogens is 3. The van der Waals surface area contributed by atoms with E-state index in [4.69, 9.17) is 0 Å². The second kappa shape index (κ2) is 4.90. The predicted molar refractivity (Wildman–Crippen MR) is 64.6 cm³/mol. The van der Waals surface area contributed by atoms with E-state index in [1.165, 1.54) is 6.26 Å². The summed E-state index contributed by atoms with van der Waals surface area (Å²) in [5.41, 5.74) is -0.623. The number of hydrogen-bond acceptors (Lipinski definition) is 5. The molecule has 0 N–H and O–H groups in total. The first-order valence-corrected chi connectivity index (χ1v) is 7.36. The van der Waals surface area contributed by atoms with E-state index in [1.807, 2.05) is 0 Å². The Bertz CT molecular complexity index is 639. The predicted octanol–water partition coefficient (Wildman–Crippen LogP) is 1.55. The minimum absolute atomic E-state index is 0.00329. The van der Waals surface area contributed by atoms with Gasteiger partial charge in [0.25, 0.3) is 12.0 Å². The van der Waals surface area contributed by atoms with Crippen molar-refractivity contribution in [2.75, 3.05) is 6.26 Å². The summed E-state index contributed by atoms with van der Waals surface area (Å²) in [6.07, 6.45) is -1.43. The summed E-state index contributed by atoms with van der Waals surface area (Å²) in [5, 5.41) is 0. The Morgan fingerprint density at radius 2 is 2.17 bits per heavy atom. The summed E-state index contributed by atoms with van der Waals surface area (Å²) in [6.45, 7) is 1.66. The molecule has 0 aliphatic rings. The van der Waals surface area contributed by atoms with Gasteiger partial charge < -0.3 is 4.55 Å². The van der Waals surface area contributed by atoms with Crippen molar-refractivity contribution in [3.05, 3.63) is 16.2 Å². The number of halogens is 2. The molecule has 0 aliphatic carbocycles. The van der Waals surface area contributed by atoms with Crippen molar-refractivity contribution in [3.8, 4) is 0 Å². The van der Waals surface area contributed by atoms with Gasteiger partial charge >= 0.3 is 4.34 Å². The van der Waals surface area contributed by atoms with Gasteiger partial charge in [0.15, 0.2) is 16.2 Å². The Kier molecular flexibility index (Phi) is 3.64. The van der Waals surface area contributed by atoms with Crippen LogP contribution in [-0.2, 0) is 17.7 Å². The van der Waals surface area contributed by atoms with Crippen LogP contribution in [0.2, 0.25) is 0 Å². The van der Waals surface area contributed by atoms with Crippen LogP contribution in [0, 0.1) is 0 Å². The van der Waals surface area contributed by atoms with Crippen molar-refractivity contribution in [3.63, 3.8) is 0 Å². The van der Waals surface area contributed by atoms with Crippen molar-refractivity contribution >= 4 is 32.9 Å². The molecule has 0 amide bonds. The monoisotopic (exact) mass is 293 g/mol. The van der Waals surface area contributed by atoms with Crippen LogP contribution >= 0.6 is 11.3 Å². The smallest absolute Gasteiger partial charge is 0.304 e. The molecule has 0 aliphatic heterocycles. The topological polar surface area (TPSA) is 70.8 Å². The molecule has 0 spiro atoms. The molecule has 2 aromatic heterocycles. The second-order valence-corrected chi connectivity index (χ2v) is 5.94. The number of rotatable bonds is 3. The van der Waals surface area contributed by atoms with Gasteiger partial charge in [-0.1, -0.05) is 0 Å². The van der Waals surface area contributed by atoms with Gasteiger partial charge in [-0.25, -0.2) is 13.8 Å². The lowest BCUT2D eigenvalue weighted by molar-refractivity contribution is 0.134. The zero-order valence-corrected chi connectivity index (χ0v) is 11.1. The van der Waals surface area contributed by atoms with Crippen molar-refractivity contribution < 1.29 is 13.3 Å². The molecule has 0 bridgehead atoms. The number of nitrogens with zero attached hydrogens (tertiary/aromatic N) is 3. The highest BCUT2D eigenvalue weighted by atomic mass is 32.2. The largest absolute Gasteiger partial charge is 0.610 e. The van der Waals surface area contributed by atoms with Crippen LogP contribution < -0.4 is 5.56 Å². The maximum atomic E-state index is 12.8. The van der Waals surface area contributed by atoms with E-state index in [1.54, 1.807) is 6.92 Å². The highest BCUT2D eigenvalue weighted by Crippen LogP contribution is 2.24. The molecule has 2 heterocycles. The van der Waals surface area contributed by atoms with Crippen molar-refractivity contribution in [1.29, 1.82) is 0 Å². The summed E-state index contributed by atoms with van der Waals surface area (Å²) in [4.78, 5) is 19.7. The van der Waals surface area contributed by atoms with E-state index < -0.39 is 29.0 Å². The third kappa shape index (κ3) is 2.13. The normalized spacial score (nSPS) is 13.4. The molecule has 0 saturated heterocycles. The molecule has 1 unspecified atom stereocenters. The van der Waals surface area contributed by atoms with Gasteiger partial charge in [-0.3, -0.25) is 9.36 Å². The van der Waals surface area contributed by atoms with Gasteiger partial charge in [0, 0.05) is 17.7 Å². The van der Waals surface area contributed by atoms with Crippen molar-refractivity contribution in [2.24, 2.45) is 0 Å². The van der Waals surface area contributed by atoms with Crippen LogP contribution in [-0.4, -0.2) is 25.3 Å². The van der Waals surface area contributed by atoms with E-state index in [0.29, 0.717) is 0 Å². The van der Waals surface area contributed by atoms with Crippen LogP contribution in [0.1, 0.15) is 19.2 Å². The fraction of sp³-hybridized carbons (Fsp3) is 0.444. The fourth-order valence-electron chi connectivity index (χ4n) is 1.50. The lowest BCUT2D eigenvalue weighted by atomic mass is 10.4. The Morgan fingerprint density at radius 3 is 2.67 bits per heavy atom. The summed E-state index contributed by atoms with van der Waals surface area (Å²) < 4.78 is 37.9. The molecule has 0 fully saturated rings. The fourth-order valence-corrected chi connectivity index (χ4v) is 3.10. The van der Waals surface area contributed by atoms with Crippen molar-refractivity contribution in [1.82, 2.24) is 14.5 Å². The molecule has 9 heteroatoms. The van der Waals surface area contributed by atoms with Gasteiger partial charge in [0.1, 0.15) is 6.26 Å². The number of hydrogen-bond donors (Lipinski definition) is 0. The first-order valence-electron chi connectivity index (χ1n) is 4.98. The minimum Gasteiger partial charge on any atom is -0.610 e. The first kappa shape index (κ1) is 13.4. The molecular formula is C9H9F2N3O2S2. The second-order valence-electron chi connectivity index (χ2n) is 3.41. The highest BCUT2D eigenvalue weighted by Gasteiger charge is 2.22. The maximum absolute atomic E-state index is 12.8. The Hall–Kier alpha value is -1.06. The average Bonchev–Trinajstić information content (AvgIpc) is 2.73. The summed E-state index contributed by atoms with van der Waals surface area (Å²) >= 11 is -0.463. The van der Waals surface area contributed by atoms with Gasteiger partial charge in [0.2, 0.25) is 0 Å². The molecule has 0 aromatic carbocycles. The van der Waals surface area contributed by atoms with Gasteiger partial charge in [0.05, 0.1) is 0 Å². The van der Waals surface area contributed by atoms with Gasteiger partial charge in [-0.2, -0.15) is 4.98 Å². The van der Waals surface area contributed by atoms with E-state index in [9.17, 15) is 18.1 Å². The van der Waals surface area contributed by atoms with E-state index >= 15 is 0 Å².